The van der Waals surface area contributed by atoms with E-state index in [4.69, 9.17) is 5.73 Å². The average Bonchev–Trinajstić information content (AvgIpc) is 2.82. The lowest BCUT2D eigenvalue weighted by atomic mass is 10.2. The molecular formula is C11H11N5OS. The van der Waals surface area contributed by atoms with Gasteiger partial charge in [0.15, 0.2) is 5.13 Å². The largest absolute Gasteiger partial charge is 0.375 e. The minimum atomic E-state index is -0.226. The van der Waals surface area contributed by atoms with Gasteiger partial charge < -0.3 is 10.7 Å². The van der Waals surface area contributed by atoms with Crippen LogP contribution >= 0.6 is 11.3 Å². The van der Waals surface area contributed by atoms with E-state index in [9.17, 15) is 4.79 Å². The topological polar surface area (TPSA) is 89.6 Å². The number of hydrogen-bond acceptors (Lipinski definition) is 5. The number of nitrogen functional groups attached to an aromatic ring is 1. The van der Waals surface area contributed by atoms with Crippen molar-refractivity contribution in [2.75, 3.05) is 5.73 Å². The van der Waals surface area contributed by atoms with Crippen molar-refractivity contribution in [3.63, 3.8) is 0 Å². The Hall–Kier alpha value is -2.15. The van der Waals surface area contributed by atoms with Crippen molar-refractivity contribution < 1.29 is 0 Å². The molecule has 0 aliphatic carbocycles. The minimum Gasteiger partial charge on any atom is -0.375 e. The number of nitrogens with two attached hydrogens (primary N) is 1. The maximum atomic E-state index is 11.9. The first-order chi connectivity index (χ1) is 8.56. The maximum Gasteiger partial charge on any atom is 0.275 e. The zero-order valence-corrected chi connectivity index (χ0v) is 10.7. The van der Waals surface area contributed by atoms with Crippen molar-refractivity contribution in [3.05, 3.63) is 28.2 Å². The first kappa shape index (κ1) is 11.0. The van der Waals surface area contributed by atoms with Gasteiger partial charge in [-0.3, -0.25) is 9.48 Å². The van der Waals surface area contributed by atoms with Crippen LogP contribution < -0.4 is 11.3 Å². The van der Waals surface area contributed by atoms with Crippen molar-refractivity contribution in [1.82, 2.24) is 19.7 Å². The number of nitrogens with zero attached hydrogens (tertiary/aromatic N) is 3. The lowest BCUT2D eigenvalue weighted by Crippen LogP contribution is -2.09. The molecule has 18 heavy (non-hydrogen) atoms. The van der Waals surface area contributed by atoms with E-state index in [1.165, 1.54) is 11.3 Å². The van der Waals surface area contributed by atoms with Gasteiger partial charge in [0.2, 0.25) is 0 Å². The summed E-state index contributed by atoms with van der Waals surface area (Å²) in [4.78, 5) is 18.8. The fourth-order valence-electron chi connectivity index (χ4n) is 2.02. The number of H-pyrrole nitrogens is 1. The molecule has 92 valence electrons. The molecule has 0 radical (unpaired) electrons. The molecule has 6 nitrogen and oxygen atoms in total. The zero-order valence-electron chi connectivity index (χ0n) is 9.89. The molecule has 3 N–H and O–H groups in total. The molecule has 0 aliphatic rings. The molecule has 3 rings (SSSR count). The first-order valence-corrected chi connectivity index (χ1v) is 6.16. The number of aromatic amines is 1. The first-order valence-electron chi connectivity index (χ1n) is 5.34. The van der Waals surface area contributed by atoms with Crippen LogP contribution in [0, 0.1) is 6.92 Å². The van der Waals surface area contributed by atoms with E-state index in [1.54, 1.807) is 10.9 Å². The van der Waals surface area contributed by atoms with Crippen molar-refractivity contribution >= 4 is 26.7 Å². The summed E-state index contributed by atoms with van der Waals surface area (Å²) in [6.45, 7) is 1.95. The third kappa shape index (κ3) is 1.52. The van der Waals surface area contributed by atoms with Crippen LogP contribution in [0.1, 0.15) is 5.56 Å². The summed E-state index contributed by atoms with van der Waals surface area (Å²) in [5, 5.41) is 4.56. The van der Waals surface area contributed by atoms with Crippen LogP contribution in [0.4, 0.5) is 5.13 Å². The second kappa shape index (κ2) is 3.67. The highest BCUT2D eigenvalue weighted by molar-refractivity contribution is 7.22. The normalized spacial score (nSPS) is 11.2. The number of fused-ring (bicyclic) bond motifs is 1. The third-order valence-corrected chi connectivity index (χ3v) is 3.62. The molecule has 3 aromatic heterocycles. The lowest BCUT2D eigenvalue weighted by molar-refractivity contribution is 0.773. The Morgan fingerprint density at radius 2 is 2.28 bits per heavy atom. The smallest absolute Gasteiger partial charge is 0.275 e. The quantitative estimate of drug-likeness (QED) is 0.690. The Labute approximate surface area is 106 Å². The van der Waals surface area contributed by atoms with Gasteiger partial charge in [0.05, 0.1) is 22.3 Å². The van der Waals surface area contributed by atoms with Gasteiger partial charge in [-0.25, -0.2) is 4.98 Å². The number of anilines is 1. The Kier molecular flexibility index (Phi) is 2.24. The van der Waals surface area contributed by atoms with Crippen LogP contribution in [0.15, 0.2) is 17.1 Å². The van der Waals surface area contributed by atoms with E-state index in [1.807, 2.05) is 20.0 Å². The number of aromatic nitrogens is 4. The highest BCUT2D eigenvalue weighted by Crippen LogP contribution is 2.26. The molecule has 0 saturated heterocycles. The maximum absolute atomic E-state index is 11.9. The molecule has 0 atom stereocenters. The molecule has 0 saturated carbocycles. The van der Waals surface area contributed by atoms with Crippen LogP contribution in [0.25, 0.3) is 21.6 Å². The van der Waals surface area contributed by atoms with Crippen LogP contribution in [-0.4, -0.2) is 19.7 Å². The molecule has 0 aliphatic heterocycles. The molecule has 0 amide bonds. The molecule has 3 heterocycles. The second-order valence-electron chi connectivity index (χ2n) is 4.08. The van der Waals surface area contributed by atoms with E-state index in [-0.39, 0.29) is 5.56 Å². The van der Waals surface area contributed by atoms with Gasteiger partial charge in [0.1, 0.15) is 5.52 Å². The van der Waals surface area contributed by atoms with Gasteiger partial charge >= 0.3 is 0 Å². The van der Waals surface area contributed by atoms with Gasteiger partial charge in [-0.1, -0.05) is 11.3 Å². The van der Waals surface area contributed by atoms with E-state index in [0.717, 1.165) is 21.7 Å². The Morgan fingerprint density at radius 1 is 1.50 bits per heavy atom. The number of hydrogen-bond donors (Lipinski definition) is 2. The molecular weight excluding hydrogens is 250 g/mol. The molecule has 7 heteroatoms. The third-order valence-electron chi connectivity index (χ3n) is 2.79. The van der Waals surface area contributed by atoms with Gasteiger partial charge in [0, 0.05) is 7.05 Å². The number of nitrogens with one attached hydrogen (secondary N) is 1. The molecule has 0 fully saturated rings. The van der Waals surface area contributed by atoms with Gasteiger partial charge in [-0.15, -0.1) is 0 Å². The van der Waals surface area contributed by atoms with Crippen LogP contribution in [0.3, 0.4) is 0 Å². The Bertz CT molecular complexity index is 778. The summed E-state index contributed by atoms with van der Waals surface area (Å²) in [6.07, 6.45) is 1.76. The molecule has 3 aromatic rings. The molecule has 0 unspecified atom stereocenters. The van der Waals surface area contributed by atoms with Crippen molar-refractivity contribution in [3.8, 4) is 11.4 Å². The Morgan fingerprint density at radius 3 is 2.94 bits per heavy atom. The van der Waals surface area contributed by atoms with Crippen molar-refractivity contribution in [1.29, 1.82) is 0 Å². The highest BCUT2D eigenvalue weighted by atomic mass is 32.1. The van der Waals surface area contributed by atoms with E-state index < -0.39 is 0 Å². The monoisotopic (exact) mass is 261 g/mol. The predicted octanol–water partition coefficient (Wildman–Crippen LogP) is 1.28. The van der Waals surface area contributed by atoms with E-state index in [0.29, 0.717) is 10.6 Å². The summed E-state index contributed by atoms with van der Waals surface area (Å²) in [5.41, 5.74) is 8.41. The van der Waals surface area contributed by atoms with Crippen molar-refractivity contribution in [2.45, 2.75) is 6.92 Å². The summed E-state index contributed by atoms with van der Waals surface area (Å²) < 4.78 is 2.52. The van der Waals surface area contributed by atoms with Gasteiger partial charge in [-0.05, 0) is 18.6 Å². The molecule has 0 spiro atoms. The lowest BCUT2D eigenvalue weighted by Gasteiger charge is -2.03. The predicted molar refractivity (Wildman–Crippen MR) is 71.6 cm³/mol. The SMILES string of the molecule is Cc1cnn(C)c1-c1cc2sc(N)nc2c(=O)[nH]1. The molecule has 0 bridgehead atoms. The van der Waals surface area contributed by atoms with Crippen LogP contribution in [0.2, 0.25) is 0 Å². The van der Waals surface area contributed by atoms with E-state index in [2.05, 4.69) is 15.1 Å². The number of rotatable bonds is 1. The highest BCUT2D eigenvalue weighted by Gasteiger charge is 2.12. The number of thiazole rings is 1. The zero-order chi connectivity index (χ0) is 12.9. The van der Waals surface area contributed by atoms with Crippen LogP contribution in [-0.2, 0) is 7.05 Å². The second-order valence-corrected chi connectivity index (χ2v) is 5.14. The molecule has 0 aromatic carbocycles. The summed E-state index contributed by atoms with van der Waals surface area (Å²) >= 11 is 1.31. The number of aryl methyl sites for hydroxylation is 2. The summed E-state index contributed by atoms with van der Waals surface area (Å²) in [6, 6.07) is 1.88. The van der Waals surface area contributed by atoms with Gasteiger partial charge in [0.25, 0.3) is 5.56 Å². The van der Waals surface area contributed by atoms with Crippen molar-refractivity contribution in [2.24, 2.45) is 7.05 Å². The van der Waals surface area contributed by atoms with E-state index >= 15 is 0 Å². The van der Waals surface area contributed by atoms with Crippen LogP contribution in [0.5, 0.6) is 0 Å². The standard InChI is InChI=1S/C11H11N5OS/c1-5-4-13-16(2)9(5)6-3-7-8(10(17)14-6)15-11(12)18-7/h3-4H,1-2H3,(H2,12,15)(H,14,17). The fraction of sp³-hybridized carbons (Fsp3) is 0.182. The number of pyridine rings is 1. The average molecular weight is 261 g/mol. The van der Waals surface area contributed by atoms with Gasteiger partial charge in [-0.2, -0.15) is 5.10 Å². The summed E-state index contributed by atoms with van der Waals surface area (Å²) in [5.74, 6) is 0. The summed E-state index contributed by atoms with van der Waals surface area (Å²) in [7, 11) is 1.84. The minimum absolute atomic E-state index is 0.226. The Balaban J connectivity index is 2.34. The fourth-order valence-corrected chi connectivity index (χ4v) is 2.79.